The number of methoxy groups -OCH3 is 1. The molecule has 1 aromatic rings. The highest BCUT2D eigenvalue weighted by molar-refractivity contribution is 6.30. The van der Waals surface area contributed by atoms with Crippen LogP contribution in [0, 0.1) is 0 Å². The molecule has 0 bridgehead atoms. The fourth-order valence-corrected chi connectivity index (χ4v) is 2.42. The van der Waals surface area contributed by atoms with Crippen molar-refractivity contribution in [1.82, 2.24) is 10.2 Å². The van der Waals surface area contributed by atoms with Crippen molar-refractivity contribution >= 4 is 35.4 Å². The van der Waals surface area contributed by atoms with Crippen LogP contribution in [0.5, 0.6) is 0 Å². The van der Waals surface area contributed by atoms with E-state index >= 15 is 0 Å². The van der Waals surface area contributed by atoms with Crippen molar-refractivity contribution in [2.45, 2.75) is 32.8 Å². The number of anilines is 1. The summed E-state index contributed by atoms with van der Waals surface area (Å²) < 4.78 is 9.79. The molecule has 0 aliphatic rings. The smallest absolute Gasteiger partial charge is 0.410 e. The number of carbonyl (C=O) groups excluding carboxylic acids is 3. The number of likely N-dealkylation sites (N-methyl/N-ethyl adjacent to an activating group) is 1. The zero-order chi connectivity index (χ0) is 21.3. The van der Waals surface area contributed by atoms with Crippen molar-refractivity contribution in [2.24, 2.45) is 0 Å². The molecule has 0 radical (unpaired) electrons. The normalized spacial score (nSPS) is 10.8. The van der Waals surface area contributed by atoms with Crippen LogP contribution in [0.25, 0.3) is 0 Å². The number of nitrogens with one attached hydrogen (secondary N) is 1. The van der Waals surface area contributed by atoms with Crippen LogP contribution in [0.1, 0.15) is 27.2 Å². The van der Waals surface area contributed by atoms with Gasteiger partial charge in [-0.1, -0.05) is 17.7 Å². The van der Waals surface area contributed by atoms with Gasteiger partial charge in [0.2, 0.25) is 5.91 Å². The molecule has 3 amide bonds. The van der Waals surface area contributed by atoms with Gasteiger partial charge in [0.05, 0.1) is 7.11 Å². The lowest BCUT2D eigenvalue weighted by molar-refractivity contribution is -0.119. The number of hydrogen-bond donors (Lipinski definition) is 1. The third-order valence-corrected chi connectivity index (χ3v) is 3.75. The van der Waals surface area contributed by atoms with Crippen molar-refractivity contribution in [3.05, 3.63) is 29.3 Å². The van der Waals surface area contributed by atoms with E-state index in [0.717, 1.165) is 0 Å². The van der Waals surface area contributed by atoms with Gasteiger partial charge in [-0.3, -0.25) is 4.79 Å². The molecule has 1 N–H and O–H groups in total. The van der Waals surface area contributed by atoms with Crippen LogP contribution in [-0.4, -0.2) is 62.4 Å². The van der Waals surface area contributed by atoms with Crippen molar-refractivity contribution < 1.29 is 23.9 Å². The Balaban J connectivity index is 2.81. The first kappa shape index (κ1) is 23.6. The van der Waals surface area contributed by atoms with Crippen molar-refractivity contribution in [2.75, 3.05) is 38.7 Å². The van der Waals surface area contributed by atoms with E-state index in [9.17, 15) is 14.4 Å². The maximum Gasteiger partial charge on any atom is 0.410 e. The van der Waals surface area contributed by atoms with E-state index in [2.05, 4.69) is 10.1 Å². The lowest BCUT2D eigenvalue weighted by Gasteiger charge is -2.28. The van der Waals surface area contributed by atoms with Crippen LogP contribution in [0.4, 0.5) is 15.3 Å². The van der Waals surface area contributed by atoms with Crippen molar-refractivity contribution in [3.63, 3.8) is 0 Å². The Morgan fingerprint density at radius 1 is 1.21 bits per heavy atom. The molecule has 156 valence electrons. The molecule has 0 aliphatic carbocycles. The molecule has 0 atom stereocenters. The Kier molecular flexibility index (Phi) is 9.05. The van der Waals surface area contributed by atoms with Gasteiger partial charge < -0.3 is 24.6 Å². The number of amides is 3. The minimum Gasteiger partial charge on any atom is -0.453 e. The zero-order valence-corrected chi connectivity index (χ0v) is 17.7. The van der Waals surface area contributed by atoms with E-state index in [4.69, 9.17) is 16.3 Å². The number of ether oxygens (including phenoxy) is 2. The fraction of sp³-hybridized carbons (Fsp3) is 0.526. The van der Waals surface area contributed by atoms with Gasteiger partial charge >= 0.3 is 12.2 Å². The van der Waals surface area contributed by atoms with E-state index in [1.54, 1.807) is 45.0 Å². The number of carbonyl (C=O) groups is 3. The Labute approximate surface area is 170 Å². The van der Waals surface area contributed by atoms with Gasteiger partial charge in [-0.25, -0.2) is 9.59 Å². The fourth-order valence-electron chi connectivity index (χ4n) is 2.23. The summed E-state index contributed by atoms with van der Waals surface area (Å²) >= 11 is 6.05. The lowest BCUT2D eigenvalue weighted by atomic mass is 10.2. The van der Waals surface area contributed by atoms with Crippen LogP contribution >= 0.6 is 11.6 Å². The molecule has 0 saturated carbocycles. The molecule has 1 rings (SSSR count). The largest absolute Gasteiger partial charge is 0.453 e. The Morgan fingerprint density at radius 3 is 2.46 bits per heavy atom. The molecule has 8 nitrogen and oxygen atoms in total. The number of hydrogen-bond acceptors (Lipinski definition) is 5. The molecule has 0 aromatic heterocycles. The summed E-state index contributed by atoms with van der Waals surface area (Å²) in [6.45, 7) is 5.77. The highest BCUT2D eigenvalue weighted by atomic mass is 35.5. The third-order valence-electron chi connectivity index (χ3n) is 3.51. The van der Waals surface area contributed by atoms with Crippen LogP contribution in [-0.2, 0) is 14.3 Å². The first-order valence-electron chi connectivity index (χ1n) is 8.85. The summed E-state index contributed by atoms with van der Waals surface area (Å²) in [5.41, 5.74) is -0.0474. The summed E-state index contributed by atoms with van der Waals surface area (Å²) in [5.74, 6) is -0.298. The van der Waals surface area contributed by atoms with Gasteiger partial charge in [-0.15, -0.1) is 0 Å². The van der Waals surface area contributed by atoms with E-state index in [1.807, 2.05) is 0 Å². The first-order valence-corrected chi connectivity index (χ1v) is 9.23. The molecule has 9 heteroatoms. The number of alkyl carbamates (subject to hydrolysis) is 1. The third kappa shape index (κ3) is 8.47. The molecule has 0 aliphatic heterocycles. The second-order valence-corrected chi connectivity index (χ2v) is 7.57. The number of benzene rings is 1. The van der Waals surface area contributed by atoms with Gasteiger partial charge in [0.1, 0.15) is 12.1 Å². The predicted octanol–water partition coefficient (Wildman–Crippen LogP) is 3.29. The second-order valence-electron chi connectivity index (χ2n) is 7.13. The van der Waals surface area contributed by atoms with E-state index in [0.29, 0.717) is 30.2 Å². The first-order chi connectivity index (χ1) is 13.0. The predicted molar refractivity (Wildman–Crippen MR) is 108 cm³/mol. The average molecular weight is 414 g/mol. The molecule has 0 heterocycles. The zero-order valence-electron chi connectivity index (χ0n) is 17.0. The lowest BCUT2D eigenvalue weighted by Crippen LogP contribution is -2.44. The van der Waals surface area contributed by atoms with Crippen molar-refractivity contribution in [3.8, 4) is 0 Å². The molecule has 1 aromatic carbocycles. The van der Waals surface area contributed by atoms with E-state index in [1.165, 1.54) is 24.0 Å². The van der Waals surface area contributed by atoms with Gasteiger partial charge in [0, 0.05) is 30.8 Å². The van der Waals surface area contributed by atoms with Crippen LogP contribution in [0.15, 0.2) is 24.3 Å². The summed E-state index contributed by atoms with van der Waals surface area (Å²) in [5, 5.41) is 3.05. The second kappa shape index (κ2) is 10.8. The summed E-state index contributed by atoms with van der Waals surface area (Å²) in [6.07, 6.45) is -0.631. The van der Waals surface area contributed by atoms with E-state index in [-0.39, 0.29) is 12.5 Å². The minimum absolute atomic E-state index is 0.161. The average Bonchev–Trinajstić information content (AvgIpc) is 2.59. The van der Waals surface area contributed by atoms with Crippen LogP contribution in [0.2, 0.25) is 5.02 Å². The molecular weight excluding hydrogens is 386 g/mol. The Bertz CT molecular complexity index is 690. The topological polar surface area (TPSA) is 88.2 Å². The van der Waals surface area contributed by atoms with Crippen LogP contribution < -0.4 is 10.2 Å². The Morgan fingerprint density at radius 2 is 1.89 bits per heavy atom. The monoisotopic (exact) mass is 413 g/mol. The van der Waals surface area contributed by atoms with Gasteiger partial charge in [-0.05, 0) is 45.4 Å². The number of rotatable bonds is 7. The van der Waals surface area contributed by atoms with Gasteiger partial charge in [0.25, 0.3) is 0 Å². The Hall–Kier alpha value is -2.48. The molecule has 0 saturated heterocycles. The maximum atomic E-state index is 12.8. The summed E-state index contributed by atoms with van der Waals surface area (Å²) in [4.78, 5) is 38.9. The highest BCUT2D eigenvalue weighted by Crippen LogP contribution is 2.20. The number of halogens is 1. The molecule has 28 heavy (non-hydrogen) atoms. The standard InChI is InChI=1S/C19H28ClN3O5/c1-19(2,3)28-18(26)22(4)13-16(24)23(11-7-10-21-17(25)27-5)15-9-6-8-14(20)12-15/h6,8-9,12H,7,10-11,13H2,1-5H3,(H,21,25). The number of nitrogens with zero attached hydrogens (tertiary/aromatic N) is 2. The summed E-state index contributed by atoms with van der Waals surface area (Å²) in [7, 11) is 2.78. The quantitative estimate of drug-likeness (QED) is 0.693. The van der Waals surface area contributed by atoms with Crippen molar-refractivity contribution in [1.29, 1.82) is 0 Å². The van der Waals surface area contributed by atoms with Crippen LogP contribution in [0.3, 0.4) is 0 Å². The summed E-state index contributed by atoms with van der Waals surface area (Å²) in [6, 6.07) is 6.87. The minimum atomic E-state index is -0.652. The molecule has 0 spiro atoms. The van der Waals surface area contributed by atoms with E-state index < -0.39 is 17.8 Å². The van der Waals surface area contributed by atoms with Gasteiger partial charge in [0.15, 0.2) is 0 Å². The highest BCUT2D eigenvalue weighted by Gasteiger charge is 2.24. The molecule has 0 fully saturated rings. The molecule has 0 unspecified atom stereocenters. The van der Waals surface area contributed by atoms with Gasteiger partial charge in [-0.2, -0.15) is 0 Å². The molecular formula is C19H28ClN3O5. The maximum absolute atomic E-state index is 12.8. The SMILES string of the molecule is COC(=O)NCCCN(C(=O)CN(C)C(=O)OC(C)(C)C)c1cccc(Cl)c1.